The molecule has 0 amide bonds. The largest absolute Gasteiger partial charge is 0.396 e. The fourth-order valence-corrected chi connectivity index (χ4v) is 2.02. The van der Waals surface area contributed by atoms with E-state index in [0.717, 1.165) is 19.3 Å². The zero-order chi connectivity index (χ0) is 17.2. The van der Waals surface area contributed by atoms with Gasteiger partial charge in [0.05, 0.1) is 12.2 Å². The van der Waals surface area contributed by atoms with Crippen LogP contribution in [-0.2, 0) is 0 Å². The van der Waals surface area contributed by atoms with E-state index in [1.165, 1.54) is 19.3 Å². The lowest BCUT2D eigenvalue weighted by Gasteiger charge is -2.02. The van der Waals surface area contributed by atoms with Crippen LogP contribution < -0.4 is 0 Å². The van der Waals surface area contributed by atoms with E-state index in [-0.39, 0.29) is 6.61 Å². The number of aliphatic hydroxyl groups is 3. The maximum atomic E-state index is 9.77. The van der Waals surface area contributed by atoms with Crippen molar-refractivity contribution >= 4 is 0 Å². The number of rotatable bonds is 14. The van der Waals surface area contributed by atoms with Gasteiger partial charge in [-0.15, -0.1) is 0 Å². The molecular formula is C20H34O3. The molecule has 0 spiro atoms. The van der Waals surface area contributed by atoms with E-state index in [1.807, 2.05) is 24.3 Å². The summed E-state index contributed by atoms with van der Waals surface area (Å²) in [5, 5.41) is 28.1. The Labute approximate surface area is 141 Å². The standard InChI is InChI=1S/C20H34O3/c1-2-3-4-5-6-9-14-19(22)15-10-7-8-11-16-20(23)17-12-13-18-21/h6-11,15-16,19-23H,2-5,12-14,17-18H2,1H3/t19-,20-/m1/s1. The minimum Gasteiger partial charge on any atom is -0.396 e. The summed E-state index contributed by atoms with van der Waals surface area (Å²) in [5.41, 5.74) is 0. The van der Waals surface area contributed by atoms with Crippen molar-refractivity contribution in [1.82, 2.24) is 0 Å². The van der Waals surface area contributed by atoms with Crippen LogP contribution in [0.4, 0.5) is 0 Å². The van der Waals surface area contributed by atoms with Crippen molar-refractivity contribution in [3.63, 3.8) is 0 Å². The molecule has 132 valence electrons. The molecule has 0 aromatic heterocycles. The molecule has 0 saturated heterocycles. The lowest BCUT2D eigenvalue weighted by molar-refractivity contribution is 0.201. The van der Waals surface area contributed by atoms with E-state index in [9.17, 15) is 10.2 Å². The monoisotopic (exact) mass is 322 g/mol. The van der Waals surface area contributed by atoms with Crippen molar-refractivity contribution < 1.29 is 15.3 Å². The highest BCUT2D eigenvalue weighted by Crippen LogP contribution is 2.03. The molecule has 0 aliphatic heterocycles. The van der Waals surface area contributed by atoms with E-state index >= 15 is 0 Å². The maximum absolute atomic E-state index is 9.77. The third-order valence-electron chi connectivity index (χ3n) is 3.43. The molecule has 0 heterocycles. The fourth-order valence-electron chi connectivity index (χ4n) is 2.02. The minimum atomic E-state index is -0.460. The quantitative estimate of drug-likeness (QED) is 0.257. The number of hydrogen-bond acceptors (Lipinski definition) is 3. The molecule has 2 atom stereocenters. The van der Waals surface area contributed by atoms with Crippen molar-refractivity contribution in [2.24, 2.45) is 0 Å². The average Bonchev–Trinajstić information content (AvgIpc) is 2.54. The highest BCUT2D eigenvalue weighted by Gasteiger charge is 1.96. The van der Waals surface area contributed by atoms with Crippen molar-refractivity contribution in [2.45, 2.75) is 70.5 Å². The normalized spacial score (nSPS) is 15.5. The first-order valence-electron chi connectivity index (χ1n) is 8.84. The topological polar surface area (TPSA) is 60.7 Å². The van der Waals surface area contributed by atoms with Crippen molar-refractivity contribution in [2.75, 3.05) is 6.61 Å². The Bertz CT molecular complexity index is 356. The second-order valence-corrected chi connectivity index (χ2v) is 5.71. The van der Waals surface area contributed by atoms with Crippen LogP contribution in [0, 0.1) is 0 Å². The van der Waals surface area contributed by atoms with Crippen molar-refractivity contribution in [3.05, 3.63) is 48.6 Å². The third-order valence-corrected chi connectivity index (χ3v) is 3.43. The highest BCUT2D eigenvalue weighted by atomic mass is 16.3. The molecule has 0 rings (SSSR count). The Morgan fingerprint density at radius 1 is 0.783 bits per heavy atom. The van der Waals surface area contributed by atoms with Crippen LogP contribution in [-0.4, -0.2) is 34.1 Å². The van der Waals surface area contributed by atoms with Crippen LogP contribution in [0.5, 0.6) is 0 Å². The number of unbranched alkanes of at least 4 members (excludes halogenated alkanes) is 4. The third kappa shape index (κ3) is 17.0. The SMILES string of the molecule is CCCCCC=CC[C@@H](O)C=CC=CC=C[C@@H](O)CCCCO. The molecule has 0 aliphatic rings. The van der Waals surface area contributed by atoms with Crippen LogP contribution in [0.25, 0.3) is 0 Å². The lowest BCUT2D eigenvalue weighted by Crippen LogP contribution is -2.01. The summed E-state index contributed by atoms with van der Waals surface area (Å²) in [6.45, 7) is 2.37. The number of aliphatic hydroxyl groups excluding tert-OH is 3. The van der Waals surface area contributed by atoms with Gasteiger partial charge in [-0.25, -0.2) is 0 Å². The summed E-state index contributed by atoms with van der Waals surface area (Å²) in [6.07, 6.45) is 21.7. The smallest absolute Gasteiger partial charge is 0.0758 e. The second kappa shape index (κ2) is 17.2. The number of hydrogen-bond donors (Lipinski definition) is 3. The Hall–Kier alpha value is -1.16. The Balaban J connectivity index is 3.77. The van der Waals surface area contributed by atoms with Gasteiger partial charge in [0.2, 0.25) is 0 Å². The second-order valence-electron chi connectivity index (χ2n) is 5.71. The first-order chi connectivity index (χ1) is 11.2. The van der Waals surface area contributed by atoms with Gasteiger partial charge in [0.1, 0.15) is 0 Å². The molecule has 0 aromatic carbocycles. The van der Waals surface area contributed by atoms with Crippen molar-refractivity contribution in [3.8, 4) is 0 Å². The first-order valence-corrected chi connectivity index (χ1v) is 8.84. The molecule has 0 aromatic rings. The lowest BCUT2D eigenvalue weighted by atomic mass is 10.1. The predicted octanol–water partition coefficient (Wildman–Crippen LogP) is 4.07. The van der Waals surface area contributed by atoms with Crippen LogP contribution in [0.15, 0.2) is 48.6 Å². The van der Waals surface area contributed by atoms with Gasteiger partial charge in [-0.1, -0.05) is 68.4 Å². The molecule has 0 saturated carbocycles. The van der Waals surface area contributed by atoms with Crippen LogP contribution in [0.3, 0.4) is 0 Å². The summed E-state index contributed by atoms with van der Waals surface area (Å²) in [7, 11) is 0. The van der Waals surface area contributed by atoms with E-state index < -0.39 is 12.2 Å². The molecule has 0 bridgehead atoms. The van der Waals surface area contributed by atoms with Gasteiger partial charge in [-0.2, -0.15) is 0 Å². The van der Waals surface area contributed by atoms with Gasteiger partial charge in [0.15, 0.2) is 0 Å². The zero-order valence-corrected chi connectivity index (χ0v) is 14.5. The maximum Gasteiger partial charge on any atom is 0.0758 e. The molecule has 3 nitrogen and oxygen atoms in total. The molecule has 3 heteroatoms. The minimum absolute atomic E-state index is 0.178. The Morgan fingerprint density at radius 3 is 2.13 bits per heavy atom. The Morgan fingerprint density at radius 2 is 1.48 bits per heavy atom. The zero-order valence-electron chi connectivity index (χ0n) is 14.5. The first kappa shape index (κ1) is 21.8. The summed E-state index contributed by atoms with van der Waals surface area (Å²) >= 11 is 0. The molecule has 3 N–H and O–H groups in total. The van der Waals surface area contributed by atoms with Crippen LogP contribution in [0.1, 0.15) is 58.3 Å². The highest BCUT2D eigenvalue weighted by molar-refractivity contribution is 5.13. The molecule has 0 radical (unpaired) electrons. The van der Waals surface area contributed by atoms with E-state index in [0.29, 0.717) is 12.8 Å². The predicted molar refractivity (Wildman–Crippen MR) is 98.3 cm³/mol. The van der Waals surface area contributed by atoms with Crippen molar-refractivity contribution in [1.29, 1.82) is 0 Å². The summed E-state index contributed by atoms with van der Waals surface area (Å²) in [4.78, 5) is 0. The summed E-state index contributed by atoms with van der Waals surface area (Å²) < 4.78 is 0. The molecule has 0 fully saturated rings. The van der Waals surface area contributed by atoms with Gasteiger partial charge in [0.25, 0.3) is 0 Å². The van der Waals surface area contributed by atoms with Crippen LogP contribution >= 0.6 is 0 Å². The molecular weight excluding hydrogens is 288 g/mol. The van der Waals surface area contributed by atoms with E-state index in [1.54, 1.807) is 18.2 Å². The van der Waals surface area contributed by atoms with E-state index in [2.05, 4.69) is 13.0 Å². The fraction of sp³-hybridized carbons (Fsp3) is 0.600. The number of allylic oxidation sites excluding steroid dienone is 5. The summed E-state index contributed by atoms with van der Waals surface area (Å²) in [6, 6.07) is 0. The van der Waals surface area contributed by atoms with E-state index in [4.69, 9.17) is 5.11 Å². The van der Waals surface area contributed by atoms with Gasteiger partial charge in [0, 0.05) is 6.61 Å². The van der Waals surface area contributed by atoms with Gasteiger partial charge >= 0.3 is 0 Å². The van der Waals surface area contributed by atoms with Crippen LogP contribution in [0.2, 0.25) is 0 Å². The summed E-state index contributed by atoms with van der Waals surface area (Å²) in [5.74, 6) is 0. The van der Waals surface area contributed by atoms with Gasteiger partial charge in [-0.3, -0.25) is 0 Å². The average molecular weight is 322 g/mol. The molecule has 0 unspecified atom stereocenters. The Kier molecular flexibility index (Phi) is 16.3. The molecule has 23 heavy (non-hydrogen) atoms. The van der Waals surface area contributed by atoms with Gasteiger partial charge < -0.3 is 15.3 Å². The van der Waals surface area contributed by atoms with Gasteiger partial charge in [-0.05, 0) is 38.5 Å². The molecule has 0 aliphatic carbocycles.